The number of para-hydroxylation sites is 4. The van der Waals surface area contributed by atoms with Crippen molar-refractivity contribution in [2.24, 2.45) is 0 Å². The lowest BCUT2D eigenvalue weighted by atomic mass is 9.60. The Morgan fingerprint density at radius 3 is 1.96 bits per heavy atom. The van der Waals surface area contributed by atoms with E-state index in [-0.39, 0.29) is 11.8 Å². The van der Waals surface area contributed by atoms with Crippen LogP contribution < -0.4 is 9.64 Å². The number of ether oxygens (including phenoxy) is 1. The summed E-state index contributed by atoms with van der Waals surface area (Å²) in [6.45, 7) is 2.41. The van der Waals surface area contributed by atoms with Gasteiger partial charge in [-0.1, -0.05) is 128 Å². The minimum atomic E-state index is -0.613. The van der Waals surface area contributed by atoms with Crippen LogP contribution >= 0.6 is 11.3 Å². The molecular weight excluding hydrogens is 687 g/mol. The van der Waals surface area contributed by atoms with Crippen LogP contribution in [0.4, 0.5) is 17.1 Å². The van der Waals surface area contributed by atoms with Crippen LogP contribution in [-0.2, 0) is 5.41 Å². The quantitative estimate of drug-likeness (QED) is 0.176. The van der Waals surface area contributed by atoms with Gasteiger partial charge >= 0.3 is 0 Å². The minimum Gasteiger partial charge on any atom is -0.457 e. The van der Waals surface area contributed by atoms with E-state index in [0.717, 1.165) is 17.2 Å². The van der Waals surface area contributed by atoms with Crippen LogP contribution in [0.5, 0.6) is 11.5 Å². The second-order valence-electron chi connectivity index (χ2n) is 15.2. The molecule has 260 valence electrons. The second-order valence-corrected chi connectivity index (χ2v) is 16.3. The van der Waals surface area contributed by atoms with Crippen molar-refractivity contribution in [2.75, 3.05) is 4.90 Å². The molecule has 0 bridgehead atoms. The number of hydrogen-bond donors (Lipinski definition) is 0. The van der Waals surface area contributed by atoms with Gasteiger partial charge < -0.3 is 9.64 Å². The van der Waals surface area contributed by atoms with Crippen molar-refractivity contribution in [3.63, 3.8) is 0 Å². The predicted octanol–water partition coefficient (Wildman–Crippen LogP) is 14.2. The third kappa shape index (κ3) is 4.19. The summed E-state index contributed by atoms with van der Waals surface area (Å²) in [6.07, 6.45) is 0. The Kier molecular flexibility index (Phi) is 6.50. The standard InChI is InChI=1S/C52H35NOS/c1-32-38-31-48-44(30-39(38)35-17-5-6-19-37(35)51(32)33-27-28-50-40(29-33)36-18-7-14-26-49(36)55-50)52(43-22-10-13-25-47(43)54-48)41-20-8-11-23-45(41)53(34-15-3-2-4-16-34)46-24-12-9-21-42(46)52/h2-32,51H,1H3. The van der Waals surface area contributed by atoms with Gasteiger partial charge in [-0.25, -0.2) is 0 Å². The van der Waals surface area contributed by atoms with E-state index in [1.807, 2.05) is 11.3 Å². The van der Waals surface area contributed by atoms with E-state index in [1.54, 1.807) is 0 Å². The predicted molar refractivity (Wildman–Crippen MR) is 228 cm³/mol. The number of thiophene rings is 1. The summed E-state index contributed by atoms with van der Waals surface area (Å²) >= 11 is 1.88. The molecule has 9 aromatic rings. The average molecular weight is 722 g/mol. The van der Waals surface area contributed by atoms with E-state index < -0.39 is 5.41 Å². The van der Waals surface area contributed by atoms with Gasteiger partial charge in [0, 0.05) is 42.9 Å². The molecule has 2 nitrogen and oxygen atoms in total. The molecule has 0 saturated carbocycles. The highest BCUT2D eigenvalue weighted by molar-refractivity contribution is 7.25. The number of hydrogen-bond acceptors (Lipinski definition) is 3. The van der Waals surface area contributed by atoms with Gasteiger partial charge in [-0.2, -0.15) is 0 Å². The molecule has 1 aliphatic carbocycles. The lowest BCUT2D eigenvalue weighted by Gasteiger charge is -2.49. The van der Waals surface area contributed by atoms with Crippen molar-refractivity contribution in [3.8, 4) is 22.6 Å². The largest absolute Gasteiger partial charge is 0.457 e. The van der Waals surface area contributed by atoms with Gasteiger partial charge in [0.05, 0.1) is 16.8 Å². The van der Waals surface area contributed by atoms with E-state index in [0.29, 0.717) is 0 Å². The third-order valence-electron chi connectivity index (χ3n) is 12.5. The molecule has 2 atom stereocenters. The summed E-state index contributed by atoms with van der Waals surface area (Å²) in [7, 11) is 0. The van der Waals surface area contributed by atoms with E-state index in [4.69, 9.17) is 4.74 Å². The topological polar surface area (TPSA) is 12.5 Å². The molecule has 0 amide bonds. The summed E-state index contributed by atoms with van der Waals surface area (Å²) < 4.78 is 9.75. The zero-order valence-corrected chi connectivity index (χ0v) is 31.1. The Morgan fingerprint density at radius 1 is 0.491 bits per heavy atom. The molecule has 0 N–H and O–H groups in total. The number of anilines is 3. The Hall–Kier alpha value is -6.42. The van der Waals surface area contributed by atoms with Crippen molar-refractivity contribution >= 4 is 48.6 Å². The lowest BCUT2D eigenvalue weighted by molar-refractivity contribution is 0.432. The lowest BCUT2D eigenvalue weighted by Crippen LogP contribution is -2.40. The molecule has 12 rings (SSSR count). The number of fused-ring (bicyclic) bond motifs is 14. The molecule has 3 aliphatic rings. The Morgan fingerprint density at radius 2 is 1.15 bits per heavy atom. The Balaban J connectivity index is 1.12. The van der Waals surface area contributed by atoms with E-state index in [2.05, 4.69) is 194 Å². The fraction of sp³-hybridized carbons (Fsp3) is 0.0769. The van der Waals surface area contributed by atoms with Gasteiger partial charge in [-0.15, -0.1) is 11.3 Å². The highest BCUT2D eigenvalue weighted by Gasteiger charge is 2.52. The molecule has 3 heterocycles. The Bertz CT molecular complexity index is 2970. The molecule has 55 heavy (non-hydrogen) atoms. The normalized spacial score (nSPS) is 17.1. The number of benzene rings is 8. The third-order valence-corrected chi connectivity index (χ3v) is 13.7. The molecule has 2 unspecified atom stereocenters. The van der Waals surface area contributed by atoms with Crippen molar-refractivity contribution < 1.29 is 4.74 Å². The van der Waals surface area contributed by atoms with Gasteiger partial charge in [-0.05, 0) is 106 Å². The van der Waals surface area contributed by atoms with Crippen LogP contribution in [0.3, 0.4) is 0 Å². The molecule has 1 spiro atoms. The highest BCUT2D eigenvalue weighted by Crippen LogP contribution is 2.64. The van der Waals surface area contributed by atoms with Crippen molar-refractivity contribution in [1.82, 2.24) is 0 Å². The van der Waals surface area contributed by atoms with Gasteiger partial charge in [0.15, 0.2) is 0 Å². The SMILES string of the molecule is CC1c2cc3c(cc2-c2ccccc2C1c1ccc2sc4ccccc4c2c1)C1(c2ccccc2O3)c2ccccc2N(c2ccccc2)c2ccccc21. The fourth-order valence-corrected chi connectivity index (χ4v) is 11.3. The first-order chi connectivity index (χ1) is 27.2. The zero-order valence-electron chi connectivity index (χ0n) is 30.2. The monoisotopic (exact) mass is 721 g/mol. The molecule has 2 aliphatic heterocycles. The molecular formula is C52H35NOS. The van der Waals surface area contributed by atoms with Gasteiger partial charge in [-0.3, -0.25) is 0 Å². The van der Waals surface area contributed by atoms with Crippen molar-refractivity contribution in [3.05, 3.63) is 221 Å². The molecule has 0 fully saturated rings. The summed E-state index contributed by atoms with van der Waals surface area (Å²) in [6, 6.07) is 67.4. The van der Waals surface area contributed by atoms with E-state index in [9.17, 15) is 0 Å². The fourth-order valence-electron chi connectivity index (χ4n) is 10.3. The average Bonchev–Trinajstić information content (AvgIpc) is 3.62. The maximum absolute atomic E-state index is 7.07. The summed E-state index contributed by atoms with van der Waals surface area (Å²) in [5.74, 6) is 2.25. The van der Waals surface area contributed by atoms with Crippen LogP contribution in [0.1, 0.15) is 57.7 Å². The zero-order chi connectivity index (χ0) is 36.3. The van der Waals surface area contributed by atoms with Crippen LogP contribution in [0.2, 0.25) is 0 Å². The summed E-state index contributed by atoms with van der Waals surface area (Å²) in [5, 5.41) is 2.69. The first kappa shape index (κ1) is 31.0. The smallest absolute Gasteiger partial charge is 0.132 e. The summed E-state index contributed by atoms with van der Waals surface area (Å²) in [4.78, 5) is 2.43. The number of nitrogens with zero attached hydrogens (tertiary/aromatic N) is 1. The maximum Gasteiger partial charge on any atom is 0.132 e. The molecule has 0 radical (unpaired) electrons. The summed E-state index contributed by atoms with van der Waals surface area (Å²) in [5.41, 5.74) is 14.4. The maximum atomic E-state index is 7.07. The van der Waals surface area contributed by atoms with Gasteiger partial charge in [0.2, 0.25) is 0 Å². The second kappa shape index (κ2) is 11.5. The van der Waals surface area contributed by atoms with Crippen LogP contribution in [0, 0.1) is 0 Å². The van der Waals surface area contributed by atoms with Crippen LogP contribution in [-0.4, -0.2) is 0 Å². The van der Waals surface area contributed by atoms with E-state index in [1.165, 1.54) is 81.6 Å². The van der Waals surface area contributed by atoms with Crippen molar-refractivity contribution in [1.29, 1.82) is 0 Å². The first-order valence-corrected chi connectivity index (χ1v) is 20.0. The first-order valence-electron chi connectivity index (χ1n) is 19.2. The van der Waals surface area contributed by atoms with Crippen molar-refractivity contribution in [2.45, 2.75) is 24.2 Å². The van der Waals surface area contributed by atoms with Gasteiger partial charge in [0.1, 0.15) is 11.5 Å². The Labute approximate surface area is 324 Å². The minimum absolute atomic E-state index is 0.199. The van der Waals surface area contributed by atoms with Crippen LogP contribution in [0.15, 0.2) is 182 Å². The van der Waals surface area contributed by atoms with Crippen LogP contribution in [0.25, 0.3) is 31.3 Å². The molecule has 1 aromatic heterocycles. The number of rotatable bonds is 2. The molecule has 8 aromatic carbocycles. The highest BCUT2D eigenvalue weighted by atomic mass is 32.1. The van der Waals surface area contributed by atoms with E-state index >= 15 is 0 Å². The molecule has 3 heteroatoms. The van der Waals surface area contributed by atoms with Gasteiger partial charge in [0.25, 0.3) is 0 Å². The molecule has 0 saturated heterocycles.